The topological polar surface area (TPSA) is 58.6 Å². The van der Waals surface area contributed by atoms with Crippen molar-refractivity contribution in [1.29, 1.82) is 0 Å². The zero-order valence-electron chi connectivity index (χ0n) is 15.9. The van der Waals surface area contributed by atoms with E-state index in [2.05, 4.69) is 5.32 Å². The largest absolute Gasteiger partial charge is 0.457 e. The molecule has 3 rings (SSSR count). The molecule has 0 saturated heterocycles. The van der Waals surface area contributed by atoms with Gasteiger partial charge in [-0.25, -0.2) is 0 Å². The molecule has 5 heteroatoms. The maximum absolute atomic E-state index is 12.6. The van der Waals surface area contributed by atoms with Crippen LogP contribution in [0.1, 0.15) is 22.8 Å². The van der Waals surface area contributed by atoms with Crippen LogP contribution in [-0.4, -0.2) is 23.8 Å². The smallest absolute Gasteiger partial charge is 0.255 e. The number of rotatable bonds is 6. The molecule has 3 aromatic carbocycles. The average molecular weight is 374 g/mol. The van der Waals surface area contributed by atoms with E-state index in [-0.39, 0.29) is 11.8 Å². The lowest BCUT2D eigenvalue weighted by atomic mass is 10.1. The molecule has 0 bridgehead atoms. The van der Waals surface area contributed by atoms with Gasteiger partial charge in [0.2, 0.25) is 5.91 Å². The van der Waals surface area contributed by atoms with Gasteiger partial charge in [-0.3, -0.25) is 9.59 Å². The van der Waals surface area contributed by atoms with Gasteiger partial charge in [-0.15, -0.1) is 0 Å². The average Bonchev–Trinajstić information content (AvgIpc) is 2.69. The van der Waals surface area contributed by atoms with E-state index in [0.717, 1.165) is 5.56 Å². The van der Waals surface area contributed by atoms with E-state index in [1.165, 1.54) is 6.92 Å². The van der Waals surface area contributed by atoms with Crippen molar-refractivity contribution in [3.05, 3.63) is 90.0 Å². The Morgan fingerprint density at radius 1 is 0.893 bits per heavy atom. The Labute approximate surface area is 164 Å². The van der Waals surface area contributed by atoms with Gasteiger partial charge in [0.25, 0.3) is 5.91 Å². The fourth-order valence-electron chi connectivity index (χ4n) is 2.66. The summed E-state index contributed by atoms with van der Waals surface area (Å²) in [4.78, 5) is 25.6. The van der Waals surface area contributed by atoms with Crippen molar-refractivity contribution in [2.45, 2.75) is 13.5 Å². The minimum Gasteiger partial charge on any atom is -0.457 e. The molecule has 142 valence electrons. The maximum Gasteiger partial charge on any atom is 0.255 e. The van der Waals surface area contributed by atoms with Crippen LogP contribution in [0.25, 0.3) is 0 Å². The van der Waals surface area contributed by atoms with Crippen molar-refractivity contribution in [3.8, 4) is 11.5 Å². The summed E-state index contributed by atoms with van der Waals surface area (Å²) < 4.78 is 5.79. The molecule has 1 N–H and O–H groups in total. The Bertz CT molecular complexity index is 970. The van der Waals surface area contributed by atoms with Crippen LogP contribution in [0.4, 0.5) is 5.69 Å². The fourth-order valence-corrected chi connectivity index (χ4v) is 2.66. The summed E-state index contributed by atoms with van der Waals surface area (Å²) >= 11 is 0. The molecular weight excluding hydrogens is 352 g/mol. The van der Waals surface area contributed by atoms with Crippen molar-refractivity contribution in [1.82, 2.24) is 4.90 Å². The predicted octanol–water partition coefficient (Wildman–Crippen LogP) is 4.71. The number of benzene rings is 3. The molecule has 3 aromatic rings. The summed E-state index contributed by atoms with van der Waals surface area (Å²) in [5.41, 5.74) is 2.12. The molecule has 0 unspecified atom stereocenters. The third-order valence-electron chi connectivity index (χ3n) is 4.22. The van der Waals surface area contributed by atoms with E-state index < -0.39 is 0 Å². The van der Waals surface area contributed by atoms with Crippen LogP contribution < -0.4 is 10.1 Å². The second-order valence-corrected chi connectivity index (χ2v) is 6.47. The Hall–Kier alpha value is -3.60. The highest BCUT2D eigenvalue weighted by Gasteiger charge is 2.09. The summed E-state index contributed by atoms with van der Waals surface area (Å²) in [5, 5.41) is 2.89. The number of ether oxygens (including phenoxy) is 1. The summed E-state index contributed by atoms with van der Waals surface area (Å²) in [6, 6.07) is 23.9. The van der Waals surface area contributed by atoms with Gasteiger partial charge < -0.3 is 15.0 Å². The molecule has 2 amide bonds. The number of para-hydroxylation sites is 1. The standard InChI is InChI=1S/C23H22N2O3/c1-17(26)25(2)16-18-8-6-10-20(14-18)24-23(27)19-9-7-13-22(15-19)28-21-11-4-3-5-12-21/h3-15H,16H2,1-2H3,(H,24,27). The summed E-state index contributed by atoms with van der Waals surface area (Å²) in [6.45, 7) is 2.01. The van der Waals surface area contributed by atoms with Crippen molar-refractivity contribution in [3.63, 3.8) is 0 Å². The second-order valence-electron chi connectivity index (χ2n) is 6.47. The van der Waals surface area contributed by atoms with Gasteiger partial charge in [0, 0.05) is 31.8 Å². The number of nitrogens with zero attached hydrogens (tertiary/aromatic N) is 1. The molecule has 0 aromatic heterocycles. The van der Waals surface area contributed by atoms with Crippen LogP contribution in [0.15, 0.2) is 78.9 Å². The van der Waals surface area contributed by atoms with Crippen LogP contribution >= 0.6 is 0 Å². The molecule has 0 aliphatic carbocycles. The van der Waals surface area contributed by atoms with Crippen LogP contribution in [-0.2, 0) is 11.3 Å². The van der Waals surface area contributed by atoms with Crippen LogP contribution in [0.2, 0.25) is 0 Å². The van der Waals surface area contributed by atoms with Crippen LogP contribution in [0, 0.1) is 0 Å². The fraction of sp³-hybridized carbons (Fsp3) is 0.130. The monoisotopic (exact) mass is 374 g/mol. The molecule has 0 radical (unpaired) electrons. The number of carbonyl (C=O) groups is 2. The van der Waals surface area contributed by atoms with E-state index in [1.807, 2.05) is 60.7 Å². The number of hydrogen-bond donors (Lipinski definition) is 1. The molecule has 0 aliphatic heterocycles. The molecule has 5 nitrogen and oxygen atoms in total. The van der Waals surface area contributed by atoms with E-state index in [1.54, 1.807) is 30.1 Å². The van der Waals surface area contributed by atoms with Crippen molar-refractivity contribution in [2.75, 3.05) is 12.4 Å². The minimum atomic E-state index is -0.226. The number of amides is 2. The first-order chi connectivity index (χ1) is 13.5. The predicted molar refractivity (Wildman–Crippen MR) is 110 cm³/mol. The van der Waals surface area contributed by atoms with Gasteiger partial charge in [0.05, 0.1) is 0 Å². The lowest BCUT2D eigenvalue weighted by Crippen LogP contribution is -2.23. The summed E-state index contributed by atoms with van der Waals surface area (Å²) in [5.74, 6) is 1.07. The number of hydrogen-bond acceptors (Lipinski definition) is 3. The molecular formula is C23H22N2O3. The van der Waals surface area contributed by atoms with Crippen LogP contribution in [0.3, 0.4) is 0 Å². The summed E-state index contributed by atoms with van der Waals surface area (Å²) in [6.07, 6.45) is 0. The lowest BCUT2D eigenvalue weighted by molar-refractivity contribution is -0.128. The molecule has 28 heavy (non-hydrogen) atoms. The van der Waals surface area contributed by atoms with Gasteiger partial charge in [-0.05, 0) is 48.0 Å². The van der Waals surface area contributed by atoms with Gasteiger partial charge in [0.1, 0.15) is 11.5 Å². The number of anilines is 1. The maximum atomic E-state index is 12.6. The van der Waals surface area contributed by atoms with Gasteiger partial charge in [-0.2, -0.15) is 0 Å². The van der Waals surface area contributed by atoms with Gasteiger partial charge in [-0.1, -0.05) is 36.4 Å². The first kappa shape index (κ1) is 19.2. The Morgan fingerprint density at radius 3 is 2.36 bits per heavy atom. The molecule has 0 aliphatic rings. The minimum absolute atomic E-state index is 0.00957. The van der Waals surface area contributed by atoms with Crippen molar-refractivity contribution < 1.29 is 14.3 Å². The van der Waals surface area contributed by atoms with Crippen molar-refractivity contribution >= 4 is 17.5 Å². The second kappa shape index (κ2) is 8.86. The zero-order valence-corrected chi connectivity index (χ0v) is 15.9. The van der Waals surface area contributed by atoms with E-state index in [9.17, 15) is 9.59 Å². The highest BCUT2D eigenvalue weighted by Crippen LogP contribution is 2.22. The quantitative estimate of drug-likeness (QED) is 0.680. The lowest BCUT2D eigenvalue weighted by Gasteiger charge is -2.15. The summed E-state index contributed by atoms with van der Waals surface area (Å²) in [7, 11) is 1.74. The number of carbonyl (C=O) groups excluding carboxylic acids is 2. The molecule has 0 saturated carbocycles. The van der Waals surface area contributed by atoms with E-state index in [4.69, 9.17) is 4.74 Å². The Morgan fingerprint density at radius 2 is 1.61 bits per heavy atom. The Balaban J connectivity index is 1.69. The molecule has 0 heterocycles. The highest BCUT2D eigenvalue weighted by atomic mass is 16.5. The first-order valence-corrected chi connectivity index (χ1v) is 8.96. The van der Waals surface area contributed by atoms with Gasteiger partial charge in [0.15, 0.2) is 0 Å². The first-order valence-electron chi connectivity index (χ1n) is 8.96. The van der Waals surface area contributed by atoms with Crippen LogP contribution in [0.5, 0.6) is 11.5 Å². The Kier molecular flexibility index (Phi) is 6.07. The van der Waals surface area contributed by atoms with E-state index in [0.29, 0.717) is 29.3 Å². The molecule has 0 atom stereocenters. The number of nitrogens with one attached hydrogen (secondary N) is 1. The highest BCUT2D eigenvalue weighted by molar-refractivity contribution is 6.04. The zero-order chi connectivity index (χ0) is 19.9. The van der Waals surface area contributed by atoms with E-state index >= 15 is 0 Å². The normalized spacial score (nSPS) is 10.2. The molecule has 0 spiro atoms. The third kappa shape index (κ3) is 5.20. The third-order valence-corrected chi connectivity index (χ3v) is 4.22. The SMILES string of the molecule is CC(=O)N(C)Cc1cccc(NC(=O)c2cccc(Oc3ccccc3)c2)c1. The van der Waals surface area contributed by atoms with Gasteiger partial charge >= 0.3 is 0 Å². The van der Waals surface area contributed by atoms with Crippen molar-refractivity contribution in [2.24, 2.45) is 0 Å². The molecule has 0 fully saturated rings.